The first kappa shape index (κ1) is 16.3. The summed E-state index contributed by atoms with van der Waals surface area (Å²) in [5.41, 5.74) is 2.95. The van der Waals surface area contributed by atoms with E-state index >= 15 is 0 Å². The number of imidazole rings is 1. The van der Waals surface area contributed by atoms with Gasteiger partial charge in [-0.25, -0.2) is 9.97 Å². The third-order valence-electron chi connectivity index (χ3n) is 3.67. The molecule has 1 amide bonds. The topological polar surface area (TPSA) is 96.7 Å². The van der Waals surface area contributed by atoms with Crippen molar-refractivity contribution in [1.82, 2.24) is 20.1 Å². The number of thioether (sulfide) groups is 1. The normalized spacial score (nSPS) is 11.0. The third kappa shape index (κ3) is 3.45. The molecule has 0 fully saturated rings. The first-order valence-corrected chi connectivity index (χ1v) is 8.94. The minimum atomic E-state index is -0.268. The van der Waals surface area contributed by atoms with Crippen molar-refractivity contribution in [3.8, 4) is 0 Å². The van der Waals surface area contributed by atoms with Crippen molar-refractivity contribution in [3.63, 3.8) is 0 Å². The number of H-pyrrole nitrogens is 1. The number of amides is 1. The molecule has 130 valence electrons. The Morgan fingerprint density at radius 3 is 2.96 bits per heavy atom. The van der Waals surface area contributed by atoms with Crippen molar-refractivity contribution < 1.29 is 9.32 Å². The lowest BCUT2D eigenvalue weighted by atomic mass is 10.3. The maximum Gasteiger partial charge on any atom is 0.260 e. The summed E-state index contributed by atoms with van der Waals surface area (Å²) in [7, 11) is 0. The van der Waals surface area contributed by atoms with Crippen LogP contribution in [0.15, 0.2) is 58.2 Å². The molecule has 0 aliphatic carbocycles. The molecule has 0 aliphatic rings. The summed E-state index contributed by atoms with van der Waals surface area (Å²) in [6.45, 7) is 1.84. The van der Waals surface area contributed by atoms with Gasteiger partial charge in [-0.05, 0) is 31.2 Å². The molecule has 8 heteroatoms. The number of para-hydroxylation sites is 2. The Labute approximate surface area is 153 Å². The number of hydrogen-bond donors (Lipinski definition) is 2. The van der Waals surface area contributed by atoms with Gasteiger partial charge in [-0.2, -0.15) is 0 Å². The number of pyridine rings is 1. The first-order chi connectivity index (χ1) is 12.7. The molecule has 7 nitrogen and oxygen atoms in total. The number of hydrogen-bond acceptors (Lipinski definition) is 6. The number of benzene rings is 1. The van der Waals surface area contributed by atoms with Crippen LogP contribution in [0.25, 0.3) is 11.0 Å². The van der Waals surface area contributed by atoms with Crippen LogP contribution in [0.4, 0.5) is 5.95 Å². The Bertz CT molecular complexity index is 1040. The second-order valence-corrected chi connectivity index (χ2v) is 6.59. The number of fused-ring (bicyclic) bond motifs is 1. The second-order valence-electron chi connectivity index (χ2n) is 5.63. The van der Waals surface area contributed by atoms with E-state index in [1.165, 1.54) is 11.8 Å². The molecule has 0 saturated heterocycles. The number of anilines is 1. The van der Waals surface area contributed by atoms with Gasteiger partial charge in [-0.3, -0.25) is 10.1 Å². The zero-order valence-electron chi connectivity index (χ0n) is 13.9. The number of aromatic amines is 1. The summed E-state index contributed by atoms with van der Waals surface area (Å²) >= 11 is 1.43. The van der Waals surface area contributed by atoms with Gasteiger partial charge in [0.1, 0.15) is 10.8 Å². The molecule has 0 bridgehead atoms. The van der Waals surface area contributed by atoms with Crippen LogP contribution in [-0.2, 0) is 5.75 Å². The molecule has 0 aliphatic heterocycles. The fourth-order valence-electron chi connectivity index (χ4n) is 2.49. The SMILES string of the molecule is Cc1cc(CSc2ncccc2C(=O)Nc2nc3ccccc3[nH]2)no1. The maximum atomic E-state index is 12.7. The number of rotatable bonds is 5. The van der Waals surface area contributed by atoms with Gasteiger partial charge in [0.05, 0.1) is 22.3 Å². The summed E-state index contributed by atoms with van der Waals surface area (Å²) < 4.78 is 5.06. The first-order valence-electron chi connectivity index (χ1n) is 7.95. The summed E-state index contributed by atoms with van der Waals surface area (Å²) in [4.78, 5) is 24.4. The third-order valence-corrected chi connectivity index (χ3v) is 4.71. The number of carbonyl (C=O) groups is 1. The largest absolute Gasteiger partial charge is 0.361 e. The van der Waals surface area contributed by atoms with E-state index in [2.05, 4.69) is 25.4 Å². The molecule has 0 spiro atoms. The number of nitrogens with zero attached hydrogens (tertiary/aromatic N) is 3. The predicted octanol–water partition coefficient (Wildman–Crippen LogP) is 3.80. The van der Waals surface area contributed by atoms with Crippen LogP contribution in [0.5, 0.6) is 0 Å². The van der Waals surface area contributed by atoms with E-state index < -0.39 is 0 Å². The molecule has 3 heterocycles. The highest BCUT2D eigenvalue weighted by molar-refractivity contribution is 7.98. The zero-order valence-corrected chi connectivity index (χ0v) is 14.7. The molecular formula is C18H15N5O2S. The van der Waals surface area contributed by atoms with E-state index in [0.29, 0.717) is 22.3 Å². The Balaban J connectivity index is 1.52. The average Bonchev–Trinajstić information content (AvgIpc) is 3.25. The molecule has 0 radical (unpaired) electrons. The summed E-state index contributed by atoms with van der Waals surface area (Å²) in [6.07, 6.45) is 1.66. The van der Waals surface area contributed by atoms with E-state index in [1.54, 1.807) is 18.3 Å². The van der Waals surface area contributed by atoms with Crippen molar-refractivity contribution >= 4 is 34.7 Å². The molecule has 0 unspecified atom stereocenters. The average molecular weight is 365 g/mol. The lowest BCUT2D eigenvalue weighted by molar-refractivity contribution is 0.102. The van der Waals surface area contributed by atoms with Crippen molar-refractivity contribution in [3.05, 3.63) is 65.7 Å². The molecule has 4 rings (SSSR count). The minimum absolute atomic E-state index is 0.268. The molecular weight excluding hydrogens is 350 g/mol. The van der Waals surface area contributed by atoms with Gasteiger partial charge >= 0.3 is 0 Å². The Morgan fingerprint density at radius 2 is 2.15 bits per heavy atom. The molecule has 0 atom stereocenters. The predicted molar refractivity (Wildman–Crippen MR) is 99.1 cm³/mol. The van der Waals surface area contributed by atoms with Crippen LogP contribution in [0.3, 0.4) is 0 Å². The van der Waals surface area contributed by atoms with Gasteiger partial charge in [-0.1, -0.05) is 29.1 Å². The summed E-state index contributed by atoms with van der Waals surface area (Å²) in [5.74, 6) is 1.46. The lowest BCUT2D eigenvalue weighted by Gasteiger charge is -2.06. The number of aromatic nitrogens is 4. The van der Waals surface area contributed by atoms with Crippen molar-refractivity contribution in [2.24, 2.45) is 0 Å². The highest BCUT2D eigenvalue weighted by Crippen LogP contribution is 2.25. The summed E-state index contributed by atoms with van der Waals surface area (Å²) in [5, 5.41) is 7.38. The highest BCUT2D eigenvalue weighted by Gasteiger charge is 2.15. The fourth-order valence-corrected chi connectivity index (χ4v) is 3.37. The van der Waals surface area contributed by atoms with Crippen molar-refractivity contribution in [1.29, 1.82) is 0 Å². The summed E-state index contributed by atoms with van der Waals surface area (Å²) in [6, 6.07) is 12.9. The Morgan fingerprint density at radius 1 is 1.27 bits per heavy atom. The van der Waals surface area contributed by atoms with Crippen molar-refractivity contribution in [2.75, 3.05) is 5.32 Å². The van der Waals surface area contributed by atoms with Gasteiger partial charge < -0.3 is 9.51 Å². The monoisotopic (exact) mass is 365 g/mol. The minimum Gasteiger partial charge on any atom is -0.361 e. The van der Waals surface area contributed by atoms with Gasteiger partial charge in [0.25, 0.3) is 5.91 Å². The molecule has 3 aromatic heterocycles. The number of carbonyl (C=O) groups excluding carboxylic acids is 1. The number of nitrogens with one attached hydrogen (secondary N) is 2. The highest BCUT2D eigenvalue weighted by atomic mass is 32.2. The zero-order chi connectivity index (χ0) is 17.9. The van der Waals surface area contributed by atoms with Gasteiger partial charge in [0.2, 0.25) is 5.95 Å². The van der Waals surface area contributed by atoms with Crippen LogP contribution in [0.2, 0.25) is 0 Å². The molecule has 2 N–H and O–H groups in total. The molecule has 1 aromatic carbocycles. The van der Waals surface area contributed by atoms with Gasteiger partial charge in [0, 0.05) is 18.0 Å². The Hall–Kier alpha value is -3.13. The van der Waals surface area contributed by atoms with E-state index in [9.17, 15) is 4.79 Å². The fraction of sp³-hybridized carbons (Fsp3) is 0.111. The van der Waals surface area contributed by atoms with Crippen molar-refractivity contribution in [2.45, 2.75) is 17.7 Å². The lowest BCUT2D eigenvalue weighted by Crippen LogP contribution is -2.14. The molecule has 26 heavy (non-hydrogen) atoms. The molecule has 4 aromatic rings. The quantitative estimate of drug-likeness (QED) is 0.522. The van der Waals surface area contributed by atoms with Crippen LogP contribution in [0.1, 0.15) is 21.8 Å². The second kappa shape index (κ2) is 7.01. The van der Waals surface area contributed by atoms with E-state index in [1.807, 2.05) is 37.3 Å². The molecule has 0 saturated carbocycles. The van der Waals surface area contributed by atoms with E-state index in [-0.39, 0.29) is 5.91 Å². The van der Waals surface area contributed by atoms with Gasteiger partial charge in [0.15, 0.2) is 0 Å². The van der Waals surface area contributed by atoms with E-state index in [4.69, 9.17) is 4.52 Å². The van der Waals surface area contributed by atoms with Crippen LogP contribution < -0.4 is 5.32 Å². The maximum absolute atomic E-state index is 12.7. The van der Waals surface area contributed by atoms with Crippen LogP contribution >= 0.6 is 11.8 Å². The number of aryl methyl sites for hydroxylation is 1. The van der Waals surface area contributed by atoms with E-state index in [0.717, 1.165) is 22.5 Å². The Kier molecular flexibility index (Phi) is 4.40. The standard InChI is InChI=1S/C18H15N5O2S/c1-11-9-12(23-25-11)10-26-17-13(5-4-8-19-17)16(24)22-18-20-14-6-2-3-7-15(14)21-18/h2-9H,10H2,1H3,(H2,20,21,22,24). The van der Waals surface area contributed by atoms with Crippen LogP contribution in [0, 0.1) is 6.92 Å². The van der Waals surface area contributed by atoms with Crippen LogP contribution in [-0.4, -0.2) is 26.0 Å². The smallest absolute Gasteiger partial charge is 0.260 e. The van der Waals surface area contributed by atoms with Gasteiger partial charge in [-0.15, -0.1) is 0 Å².